The van der Waals surface area contributed by atoms with E-state index in [-0.39, 0.29) is 24.1 Å². The zero-order valence-corrected chi connectivity index (χ0v) is 11.5. The summed E-state index contributed by atoms with van der Waals surface area (Å²) in [4.78, 5) is 14.1. The zero-order chi connectivity index (χ0) is 14.5. The van der Waals surface area contributed by atoms with Crippen molar-refractivity contribution in [2.45, 2.75) is 19.5 Å². The van der Waals surface area contributed by atoms with E-state index in [0.717, 1.165) is 32.2 Å². The molecule has 110 valence electrons. The highest BCUT2D eigenvalue weighted by Crippen LogP contribution is 2.09. The maximum absolute atomic E-state index is 13.4. The van der Waals surface area contributed by atoms with Crippen LogP contribution in [0.3, 0.4) is 0 Å². The van der Waals surface area contributed by atoms with Crippen molar-refractivity contribution in [3.05, 3.63) is 35.4 Å². The second kappa shape index (κ2) is 6.76. The maximum atomic E-state index is 13.4. The molecule has 0 saturated carbocycles. The number of amides is 1. The molecule has 2 N–H and O–H groups in total. The number of carbonyl (C=O) groups is 1. The molecule has 1 aliphatic rings. The van der Waals surface area contributed by atoms with Gasteiger partial charge in [-0.1, -0.05) is 6.07 Å². The highest BCUT2D eigenvalue weighted by Gasteiger charge is 2.22. The zero-order valence-electron chi connectivity index (χ0n) is 11.5. The number of nitrogens with zero attached hydrogens (tertiary/aromatic N) is 1. The van der Waals surface area contributed by atoms with Crippen molar-refractivity contribution in [2.75, 3.05) is 26.2 Å². The van der Waals surface area contributed by atoms with Gasteiger partial charge < -0.3 is 10.6 Å². The van der Waals surface area contributed by atoms with Gasteiger partial charge >= 0.3 is 0 Å². The van der Waals surface area contributed by atoms with E-state index in [9.17, 15) is 13.6 Å². The molecule has 0 aliphatic carbocycles. The second-order valence-corrected chi connectivity index (χ2v) is 4.92. The Hall–Kier alpha value is -1.53. The molecule has 0 spiro atoms. The number of nitrogens with one attached hydrogen (secondary N) is 2. The minimum absolute atomic E-state index is 0.0708. The van der Waals surface area contributed by atoms with Gasteiger partial charge in [-0.05, 0) is 13.0 Å². The molecule has 6 heteroatoms. The van der Waals surface area contributed by atoms with Crippen molar-refractivity contribution in [3.8, 4) is 0 Å². The van der Waals surface area contributed by atoms with Crippen LogP contribution in [0, 0.1) is 11.6 Å². The Balaban J connectivity index is 1.87. The summed E-state index contributed by atoms with van der Waals surface area (Å²) in [5.41, 5.74) is 0.285. The molecule has 1 aromatic carbocycles. The molecule has 0 radical (unpaired) electrons. The van der Waals surface area contributed by atoms with Crippen molar-refractivity contribution >= 4 is 5.91 Å². The molecule has 2 rings (SSSR count). The number of hydrogen-bond acceptors (Lipinski definition) is 3. The average Bonchev–Trinajstić information content (AvgIpc) is 2.46. The Bertz CT molecular complexity index is 475. The standard InChI is InChI=1S/C14H19F2N3O/c1-10(19-6-4-17-5-7-19)14(20)18-9-11-2-3-12(15)8-13(11)16/h2-3,8,10,17H,4-7,9H2,1H3,(H,18,20). The molecule has 1 fully saturated rings. The van der Waals surface area contributed by atoms with Gasteiger partial charge in [0.15, 0.2) is 0 Å². The molecule has 0 bridgehead atoms. The summed E-state index contributed by atoms with van der Waals surface area (Å²) < 4.78 is 26.2. The van der Waals surface area contributed by atoms with Gasteiger partial charge in [0.1, 0.15) is 11.6 Å². The van der Waals surface area contributed by atoms with E-state index >= 15 is 0 Å². The van der Waals surface area contributed by atoms with E-state index in [1.54, 1.807) is 0 Å². The Morgan fingerprint density at radius 1 is 1.40 bits per heavy atom. The highest BCUT2D eigenvalue weighted by molar-refractivity contribution is 5.81. The van der Waals surface area contributed by atoms with Crippen LogP contribution < -0.4 is 10.6 Å². The lowest BCUT2D eigenvalue weighted by atomic mass is 10.2. The van der Waals surface area contributed by atoms with Crippen LogP contribution in [-0.4, -0.2) is 43.0 Å². The van der Waals surface area contributed by atoms with Gasteiger partial charge in [-0.2, -0.15) is 0 Å². The molecule has 1 atom stereocenters. The fourth-order valence-corrected chi connectivity index (χ4v) is 2.23. The molecule has 20 heavy (non-hydrogen) atoms. The predicted molar refractivity (Wildman–Crippen MR) is 72.1 cm³/mol. The van der Waals surface area contributed by atoms with E-state index in [4.69, 9.17) is 0 Å². The monoisotopic (exact) mass is 283 g/mol. The van der Waals surface area contributed by atoms with Crippen LogP contribution >= 0.6 is 0 Å². The van der Waals surface area contributed by atoms with Gasteiger partial charge in [0.05, 0.1) is 6.04 Å². The minimum Gasteiger partial charge on any atom is -0.351 e. The molecular formula is C14H19F2N3O. The average molecular weight is 283 g/mol. The molecule has 1 saturated heterocycles. The summed E-state index contributed by atoms with van der Waals surface area (Å²) in [5, 5.41) is 5.91. The molecule has 1 heterocycles. The molecule has 1 unspecified atom stereocenters. The second-order valence-electron chi connectivity index (χ2n) is 4.92. The molecule has 1 aliphatic heterocycles. The van der Waals surface area contributed by atoms with Gasteiger partial charge in [0.25, 0.3) is 0 Å². The SMILES string of the molecule is CC(C(=O)NCc1ccc(F)cc1F)N1CCNCC1. The van der Waals surface area contributed by atoms with Crippen LogP contribution in [0.1, 0.15) is 12.5 Å². The molecule has 1 amide bonds. The van der Waals surface area contributed by atoms with Crippen molar-refractivity contribution in [1.29, 1.82) is 0 Å². The normalized spacial score (nSPS) is 17.8. The Morgan fingerprint density at radius 3 is 2.75 bits per heavy atom. The number of piperazine rings is 1. The summed E-state index contributed by atoms with van der Waals surface area (Å²) in [6.45, 7) is 5.27. The van der Waals surface area contributed by atoms with Gasteiger partial charge in [-0.25, -0.2) is 8.78 Å². The van der Waals surface area contributed by atoms with Crippen LogP contribution in [0.4, 0.5) is 8.78 Å². The lowest BCUT2D eigenvalue weighted by molar-refractivity contribution is -0.126. The van der Waals surface area contributed by atoms with Crippen molar-refractivity contribution < 1.29 is 13.6 Å². The number of carbonyl (C=O) groups excluding carboxylic acids is 1. The van der Waals surface area contributed by atoms with Crippen LogP contribution in [0.2, 0.25) is 0 Å². The number of benzene rings is 1. The predicted octanol–water partition coefficient (Wildman–Crippen LogP) is 0.875. The third-order valence-corrected chi connectivity index (χ3v) is 3.55. The third kappa shape index (κ3) is 3.74. The Kier molecular flexibility index (Phi) is 5.03. The Labute approximate surface area is 117 Å². The number of halogens is 2. The topological polar surface area (TPSA) is 44.4 Å². The lowest BCUT2D eigenvalue weighted by Gasteiger charge is -2.31. The summed E-state index contributed by atoms with van der Waals surface area (Å²) in [6.07, 6.45) is 0. The van der Waals surface area contributed by atoms with Crippen LogP contribution in [0.15, 0.2) is 18.2 Å². The van der Waals surface area contributed by atoms with E-state index in [0.29, 0.717) is 0 Å². The first-order valence-corrected chi connectivity index (χ1v) is 6.74. The van der Waals surface area contributed by atoms with Crippen LogP contribution in [0.25, 0.3) is 0 Å². The molecular weight excluding hydrogens is 264 g/mol. The highest BCUT2D eigenvalue weighted by atomic mass is 19.1. The summed E-state index contributed by atoms with van der Waals surface area (Å²) >= 11 is 0. The molecule has 1 aromatic rings. The molecule has 4 nitrogen and oxygen atoms in total. The van der Waals surface area contributed by atoms with Crippen molar-refractivity contribution in [2.24, 2.45) is 0 Å². The quantitative estimate of drug-likeness (QED) is 0.862. The number of hydrogen-bond donors (Lipinski definition) is 2. The number of rotatable bonds is 4. The summed E-state index contributed by atoms with van der Waals surface area (Å²) in [7, 11) is 0. The fraction of sp³-hybridized carbons (Fsp3) is 0.500. The lowest BCUT2D eigenvalue weighted by Crippen LogP contribution is -2.52. The van der Waals surface area contributed by atoms with Gasteiger partial charge in [0, 0.05) is 44.4 Å². The van der Waals surface area contributed by atoms with Gasteiger partial charge in [-0.3, -0.25) is 9.69 Å². The minimum atomic E-state index is -0.639. The largest absolute Gasteiger partial charge is 0.351 e. The Morgan fingerprint density at radius 2 is 2.10 bits per heavy atom. The van der Waals surface area contributed by atoms with E-state index in [1.165, 1.54) is 12.1 Å². The first-order valence-electron chi connectivity index (χ1n) is 6.74. The van der Waals surface area contributed by atoms with Crippen LogP contribution in [0.5, 0.6) is 0 Å². The van der Waals surface area contributed by atoms with Crippen molar-refractivity contribution in [1.82, 2.24) is 15.5 Å². The van der Waals surface area contributed by atoms with Gasteiger partial charge in [0.2, 0.25) is 5.91 Å². The van der Waals surface area contributed by atoms with Gasteiger partial charge in [-0.15, -0.1) is 0 Å². The fourth-order valence-electron chi connectivity index (χ4n) is 2.23. The van der Waals surface area contributed by atoms with E-state index in [2.05, 4.69) is 15.5 Å². The maximum Gasteiger partial charge on any atom is 0.237 e. The van der Waals surface area contributed by atoms with Crippen LogP contribution in [-0.2, 0) is 11.3 Å². The summed E-state index contributed by atoms with van der Waals surface area (Å²) in [6, 6.07) is 3.10. The summed E-state index contributed by atoms with van der Waals surface area (Å²) in [5.74, 6) is -1.40. The smallest absolute Gasteiger partial charge is 0.237 e. The third-order valence-electron chi connectivity index (χ3n) is 3.55. The first-order chi connectivity index (χ1) is 9.58. The first kappa shape index (κ1) is 14.9. The van der Waals surface area contributed by atoms with E-state index < -0.39 is 11.6 Å². The van der Waals surface area contributed by atoms with Crippen molar-refractivity contribution in [3.63, 3.8) is 0 Å². The molecule has 0 aromatic heterocycles. The van der Waals surface area contributed by atoms with E-state index in [1.807, 2.05) is 6.92 Å².